The van der Waals surface area contributed by atoms with Crippen LogP contribution in [0.3, 0.4) is 0 Å². The summed E-state index contributed by atoms with van der Waals surface area (Å²) in [6.07, 6.45) is 0.465. The minimum Gasteiger partial charge on any atom is -0.342 e. The van der Waals surface area contributed by atoms with Crippen molar-refractivity contribution in [1.82, 2.24) is 9.97 Å². The van der Waals surface area contributed by atoms with Gasteiger partial charge in [0.15, 0.2) is 0 Å². The molecule has 0 saturated carbocycles. The number of aromatic nitrogens is 2. The van der Waals surface area contributed by atoms with Gasteiger partial charge in [0.1, 0.15) is 5.82 Å². The molecule has 102 valence electrons. The SMILES string of the molecule is Cc1nc2ccc(N(C)C(=O)CC(C)CN)cc2[nH]1. The number of carbonyl (C=O) groups is 1. The van der Waals surface area contributed by atoms with Crippen molar-refractivity contribution >= 4 is 22.6 Å². The number of aromatic amines is 1. The zero-order valence-electron chi connectivity index (χ0n) is 11.6. The molecule has 1 amide bonds. The average molecular weight is 260 g/mol. The Kier molecular flexibility index (Phi) is 3.85. The van der Waals surface area contributed by atoms with E-state index in [9.17, 15) is 4.79 Å². The summed E-state index contributed by atoms with van der Waals surface area (Å²) in [4.78, 5) is 21.3. The van der Waals surface area contributed by atoms with E-state index >= 15 is 0 Å². The zero-order chi connectivity index (χ0) is 14.0. The van der Waals surface area contributed by atoms with Crippen molar-refractivity contribution in [2.24, 2.45) is 11.7 Å². The Bertz CT molecular complexity index is 590. The molecule has 0 aliphatic rings. The molecule has 5 nitrogen and oxygen atoms in total. The Morgan fingerprint density at radius 3 is 2.95 bits per heavy atom. The van der Waals surface area contributed by atoms with E-state index in [-0.39, 0.29) is 11.8 Å². The van der Waals surface area contributed by atoms with Crippen LogP contribution in [0.2, 0.25) is 0 Å². The van der Waals surface area contributed by atoms with Crippen LogP contribution in [0.15, 0.2) is 18.2 Å². The number of rotatable bonds is 4. The molecule has 1 heterocycles. The molecule has 0 radical (unpaired) electrons. The van der Waals surface area contributed by atoms with Crippen molar-refractivity contribution in [3.8, 4) is 0 Å². The molecule has 5 heteroatoms. The van der Waals surface area contributed by atoms with E-state index in [4.69, 9.17) is 5.73 Å². The Morgan fingerprint density at radius 1 is 1.53 bits per heavy atom. The topological polar surface area (TPSA) is 75.0 Å². The summed E-state index contributed by atoms with van der Waals surface area (Å²) in [6.45, 7) is 4.42. The molecule has 0 aliphatic carbocycles. The van der Waals surface area contributed by atoms with Crippen LogP contribution >= 0.6 is 0 Å². The number of amides is 1. The van der Waals surface area contributed by atoms with Gasteiger partial charge in [0.05, 0.1) is 11.0 Å². The quantitative estimate of drug-likeness (QED) is 0.880. The van der Waals surface area contributed by atoms with Gasteiger partial charge in [0, 0.05) is 19.2 Å². The van der Waals surface area contributed by atoms with Gasteiger partial charge < -0.3 is 15.6 Å². The maximum Gasteiger partial charge on any atom is 0.227 e. The molecule has 1 aromatic carbocycles. The Labute approximate surface area is 112 Å². The summed E-state index contributed by atoms with van der Waals surface area (Å²) in [6, 6.07) is 5.78. The van der Waals surface area contributed by atoms with Gasteiger partial charge in [-0.05, 0) is 37.6 Å². The highest BCUT2D eigenvalue weighted by atomic mass is 16.2. The van der Waals surface area contributed by atoms with E-state index in [1.54, 1.807) is 11.9 Å². The van der Waals surface area contributed by atoms with Crippen LogP contribution in [0.4, 0.5) is 5.69 Å². The second kappa shape index (κ2) is 5.40. The van der Waals surface area contributed by atoms with E-state index in [0.717, 1.165) is 22.5 Å². The number of benzene rings is 1. The van der Waals surface area contributed by atoms with E-state index in [0.29, 0.717) is 13.0 Å². The van der Waals surface area contributed by atoms with Gasteiger partial charge in [-0.3, -0.25) is 4.79 Å². The highest BCUT2D eigenvalue weighted by molar-refractivity contribution is 5.95. The van der Waals surface area contributed by atoms with Crippen molar-refractivity contribution in [2.75, 3.05) is 18.5 Å². The number of anilines is 1. The smallest absolute Gasteiger partial charge is 0.227 e. The van der Waals surface area contributed by atoms with Crippen molar-refractivity contribution in [3.05, 3.63) is 24.0 Å². The first-order valence-electron chi connectivity index (χ1n) is 6.44. The van der Waals surface area contributed by atoms with Gasteiger partial charge in [-0.2, -0.15) is 0 Å². The fourth-order valence-electron chi connectivity index (χ4n) is 2.00. The molecule has 1 atom stereocenters. The maximum atomic E-state index is 12.1. The van der Waals surface area contributed by atoms with Crippen LogP contribution in [0.1, 0.15) is 19.2 Å². The lowest BCUT2D eigenvalue weighted by atomic mass is 10.1. The van der Waals surface area contributed by atoms with E-state index in [2.05, 4.69) is 9.97 Å². The molecule has 2 aromatic rings. The second-order valence-electron chi connectivity index (χ2n) is 5.02. The van der Waals surface area contributed by atoms with Gasteiger partial charge in [0.25, 0.3) is 0 Å². The van der Waals surface area contributed by atoms with Gasteiger partial charge in [-0.1, -0.05) is 6.92 Å². The van der Waals surface area contributed by atoms with Gasteiger partial charge in [0.2, 0.25) is 5.91 Å². The molecular formula is C14H20N4O. The van der Waals surface area contributed by atoms with Crippen molar-refractivity contribution in [2.45, 2.75) is 20.3 Å². The second-order valence-corrected chi connectivity index (χ2v) is 5.02. The molecule has 2 rings (SSSR count). The summed E-state index contributed by atoms with van der Waals surface area (Å²) >= 11 is 0. The van der Waals surface area contributed by atoms with Gasteiger partial charge in [-0.25, -0.2) is 4.98 Å². The van der Waals surface area contributed by atoms with Crippen molar-refractivity contribution < 1.29 is 4.79 Å². The number of nitrogens with zero attached hydrogens (tertiary/aromatic N) is 2. The lowest BCUT2D eigenvalue weighted by Gasteiger charge is -2.19. The van der Waals surface area contributed by atoms with Crippen LogP contribution < -0.4 is 10.6 Å². The first-order chi connectivity index (χ1) is 9.01. The molecule has 0 saturated heterocycles. The number of fused-ring (bicyclic) bond motifs is 1. The molecule has 0 spiro atoms. The van der Waals surface area contributed by atoms with Crippen molar-refractivity contribution in [3.63, 3.8) is 0 Å². The molecule has 0 aliphatic heterocycles. The molecular weight excluding hydrogens is 240 g/mol. The Morgan fingerprint density at radius 2 is 2.26 bits per heavy atom. The minimum absolute atomic E-state index is 0.0773. The van der Waals surface area contributed by atoms with Crippen molar-refractivity contribution in [1.29, 1.82) is 0 Å². The number of H-pyrrole nitrogens is 1. The summed E-state index contributed by atoms with van der Waals surface area (Å²) in [5.74, 6) is 1.15. The Hall–Kier alpha value is -1.88. The number of hydrogen-bond acceptors (Lipinski definition) is 3. The summed E-state index contributed by atoms with van der Waals surface area (Å²) in [5.41, 5.74) is 8.28. The number of hydrogen-bond donors (Lipinski definition) is 2. The molecule has 19 heavy (non-hydrogen) atoms. The monoisotopic (exact) mass is 260 g/mol. The number of aryl methyl sites for hydroxylation is 1. The third-order valence-corrected chi connectivity index (χ3v) is 3.27. The number of imidazole rings is 1. The number of carbonyl (C=O) groups excluding carboxylic acids is 1. The van der Waals surface area contributed by atoms with Crippen LogP contribution in [-0.2, 0) is 4.79 Å². The third-order valence-electron chi connectivity index (χ3n) is 3.27. The normalized spacial score (nSPS) is 12.6. The highest BCUT2D eigenvalue weighted by Gasteiger charge is 2.14. The minimum atomic E-state index is 0.0773. The largest absolute Gasteiger partial charge is 0.342 e. The molecule has 1 aromatic heterocycles. The lowest BCUT2D eigenvalue weighted by molar-refractivity contribution is -0.119. The summed E-state index contributed by atoms with van der Waals surface area (Å²) in [7, 11) is 1.79. The third kappa shape index (κ3) is 2.93. The highest BCUT2D eigenvalue weighted by Crippen LogP contribution is 2.21. The molecule has 3 N–H and O–H groups in total. The van der Waals surface area contributed by atoms with E-state index < -0.39 is 0 Å². The lowest BCUT2D eigenvalue weighted by Crippen LogP contribution is -2.29. The first kappa shape index (κ1) is 13.5. The molecule has 0 bridgehead atoms. The summed E-state index contributed by atoms with van der Waals surface area (Å²) < 4.78 is 0. The van der Waals surface area contributed by atoms with Crippen LogP contribution in [0.5, 0.6) is 0 Å². The molecule has 1 unspecified atom stereocenters. The zero-order valence-corrected chi connectivity index (χ0v) is 11.6. The number of nitrogens with two attached hydrogens (primary N) is 1. The van der Waals surface area contributed by atoms with Crippen LogP contribution in [0, 0.1) is 12.8 Å². The fourth-order valence-corrected chi connectivity index (χ4v) is 2.00. The predicted molar refractivity (Wildman–Crippen MR) is 77.1 cm³/mol. The van der Waals surface area contributed by atoms with Crippen LogP contribution in [-0.4, -0.2) is 29.5 Å². The van der Waals surface area contributed by atoms with Gasteiger partial charge in [-0.15, -0.1) is 0 Å². The maximum absolute atomic E-state index is 12.1. The predicted octanol–water partition coefficient (Wildman–Crippen LogP) is 1.82. The fraction of sp³-hybridized carbons (Fsp3) is 0.429. The van der Waals surface area contributed by atoms with E-state index in [1.807, 2.05) is 32.0 Å². The molecule has 0 fully saturated rings. The average Bonchev–Trinajstić information content (AvgIpc) is 2.76. The van der Waals surface area contributed by atoms with Crippen LogP contribution in [0.25, 0.3) is 11.0 Å². The Balaban J connectivity index is 2.20. The van der Waals surface area contributed by atoms with E-state index in [1.165, 1.54) is 0 Å². The first-order valence-corrected chi connectivity index (χ1v) is 6.44. The van der Waals surface area contributed by atoms with Gasteiger partial charge >= 0.3 is 0 Å². The standard InChI is InChI=1S/C14H20N4O/c1-9(8-15)6-14(19)18(3)11-4-5-12-13(7-11)17-10(2)16-12/h4-5,7,9H,6,8,15H2,1-3H3,(H,16,17). The number of nitrogens with one attached hydrogen (secondary N) is 1. The summed E-state index contributed by atoms with van der Waals surface area (Å²) in [5, 5.41) is 0.